The number of hydrogen-bond acceptors (Lipinski definition) is 5. The molecule has 2 aromatic heterocycles. The number of nitrogens with zero attached hydrogens (tertiary/aromatic N) is 4. The summed E-state index contributed by atoms with van der Waals surface area (Å²) in [5.41, 5.74) is 4.42. The summed E-state index contributed by atoms with van der Waals surface area (Å²) >= 11 is 0. The predicted molar refractivity (Wildman–Crippen MR) is 141 cm³/mol. The third-order valence-electron chi connectivity index (χ3n) is 6.55. The molecule has 0 spiro atoms. The topological polar surface area (TPSA) is 78.4 Å². The van der Waals surface area contributed by atoms with Crippen molar-refractivity contribution in [3.63, 3.8) is 0 Å². The minimum Gasteiger partial charge on any atom is -0.346 e. The first-order valence-electron chi connectivity index (χ1n) is 12.8. The van der Waals surface area contributed by atoms with Crippen molar-refractivity contribution in [3.05, 3.63) is 89.5 Å². The molecule has 7 nitrogen and oxygen atoms in total. The summed E-state index contributed by atoms with van der Waals surface area (Å²) in [7, 11) is 0. The van der Waals surface area contributed by atoms with Gasteiger partial charge in [0.15, 0.2) is 0 Å². The molecule has 0 aliphatic carbocycles. The summed E-state index contributed by atoms with van der Waals surface area (Å²) in [5.74, 6) is -0.123. The molecule has 1 aromatic carbocycles. The molecule has 4 rings (SSSR count). The van der Waals surface area contributed by atoms with E-state index in [1.165, 1.54) is 12.8 Å². The molecule has 7 heteroatoms. The second-order valence-corrected chi connectivity index (χ2v) is 9.36. The van der Waals surface area contributed by atoms with Gasteiger partial charge in [-0.1, -0.05) is 31.4 Å². The van der Waals surface area contributed by atoms with Crippen molar-refractivity contribution in [2.75, 3.05) is 18.0 Å². The van der Waals surface area contributed by atoms with Crippen LogP contribution in [-0.4, -0.2) is 39.8 Å². The van der Waals surface area contributed by atoms with E-state index in [2.05, 4.69) is 26.3 Å². The molecule has 3 aromatic rings. The molecular formula is C29H35N5O2. The zero-order valence-electron chi connectivity index (χ0n) is 21.0. The quantitative estimate of drug-likeness (QED) is 0.566. The van der Waals surface area contributed by atoms with E-state index < -0.39 is 0 Å². The third-order valence-corrected chi connectivity index (χ3v) is 6.55. The van der Waals surface area contributed by atoms with Crippen LogP contribution in [0, 0.1) is 0 Å². The number of rotatable bonds is 5. The molecule has 0 saturated carbocycles. The number of aromatic nitrogens is 2. The summed E-state index contributed by atoms with van der Waals surface area (Å²) in [6.45, 7) is 5.04. The Balaban J connectivity index is 1.62. The lowest BCUT2D eigenvalue weighted by atomic mass is 10.0. The average Bonchev–Trinajstić information content (AvgIpc) is 2.89. The van der Waals surface area contributed by atoms with E-state index in [0.29, 0.717) is 25.2 Å². The van der Waals surface area contributed by atoms with Gasteiger partial charge in [0.2, 0.25) is 5.91 Å². The van der Waals surface area contributed by atoms with Crippen LogP contribution in [-0.2, 0) is 24.4 Å². The Bertz CT molecular complexity index is 1140. The van der Waals surface area contributed by atoms with E-state index in [1.54, 1.807) is 19.3 Å². The highest BCUT2D eigenvalue weighted by Gasteiger charge is 2.20. The smallest absolute Gasteiger partial charge is 0.251 e. The van der Waals surface area contributed by atoms with Crippen molar-refractivity contribution in [2.45, 2.75) is 58.7 Å². The maximum Gasteiger partial charge on any atom is 0.251 e. The van der Waals surface area contributed by atoms with Gasteiger partial charge < -0.3 is 10.2 Å². The van der Waals surface area contributed by atoms with Gasteiger partial charge in [0.1, 0.15) is 0 Å². The van der Waals surface area contributed by atoms with Crippen molar-refractivity contribution in [2.24, 2.45) is 0 Å². The first-order chi connectivity index (χ1) is 17.6. The van der Waals surface area contributed by atoms with Crippen LogP contribution in [0.3, 0.4) is 0 Å². The SMILES string of the molecule is CC(=O)N1CCCCCCCN(Cc2cccnc2)Cc2cc(C(=O)NCc3ccccn3)ccc21. The highest BCUT2D eigenvalue weighted by molar-refractivity contribution is 5.97. The van der Waals surface area contributed by atoms with Gasteiger partial charge in [-0.2, -0.15) is 0 Å². The van der Waals surface area contributed by atoms with Crippen LogP contribution >= 0.6 is 0 Å². The Morgan fingerprint density at radius 3 is 2.53 bits per heavy atom. The highest BCUT2D eigenvalue weighted by Crippen LogP contribution is 2.26. The fourth-order valence-electron chi connectivity index (χ4n) is 4.68. The number of carbonyl (C=O) groups excluding carboxylic acids is 2. The second kappa shape index (κ2) is 12.9. The third kappa shape index (κ3) is 7.21. The summed E-state index contributed by atoms with van der Waals surface area (Å²) < 4.78 is 0. The number of nitrogens with one attached hydrogen (secondary N) is 1. The van der Waals surface area contributed by atoms with Crippen molar-refractivity contribution < 1.29 is 9.59 Å². The Kier molecular flexibility index (Phi) is 9.16. The number of benzene rings is 1. The standard InChI is InChI=1S/C29H35N5O2/c1-23(35)34-17-8-4-2-3-7-16-33(21-24-10-9-14-30-19-24)22-26-18-25(12-13-28(26)34)29(36)32-20-27-11-5-6-15-31-27/h5-6,9-15,18-19H,2-4,7-8,16-17,20-22H2,1H3,(H,32,36). The molecule has 0 atom stereocenters. The van der Waals surface area contributed by atoms with Crippen molar-refractivity contribution in [1.82, 2.24) is 20.2 Å². The number of carbonyl (C=O) groups is 2. The fourth-order valence-corrected chi connectivity index (χ4v) is 4.68. The highest BCUT2D eigenvalue weighted by atomic mass is 16.2. The Morgan fingerprint density at radius 2 is 1.78 bits per heavy atom. The van der Waals surface area contributed by atoms with Crippen LogP contribution in [0.15, 0.2) is 67.1 Å². The van der Waals surface area contributed by atoms with Crippen LogP contribution in [0.2, 0.25) is 0 Å². The van der Waals surface area contributed by atoms with Crippen LogP contribution in [0.5, 0.6) is 0 Å². The molecule has 1 aliphatic rings. The lowest BCUT2D eigenvalue weighted by Crippen LogP contribution is -2.33. The van der Waals surface area contributed by atoms with E-state index >= 15 is 0 Å². The van der Waals surface area contributed by atoms with E-state index in [0.717, 1.165) is 54.9 Å². The molecule has 3 heterocycles. The Hall–Kier alpha value is -3.58. The van der Waals surface area contributed by atoms with Crippen LogP contribution in [0.1, 0.15) is 66.2 Å². The summed E-state index contributed by atoms with van der Waals surface area (Å²) in [4.78, 5) is 38.5. The maximum absolute atomic E-state index is 13.0. The monoisotopic (exact) mass is 485 g/mol. The molecule has 1 N–H and O–H groups in total. The lowest BCUT2D eigenvalue weighted by molar-refractivity contribution is -0.116. The molecular weight excluding hydrogens is 450 g/mol. The molecule has 0 fully saturated rings. The molecule has 0 radical (unpaired) electrons. The van der Waals surface area contributed by atoms with Gasteiger partial charge >= 0.3 is 0 Å². The molecule has 0 unspecified atom stereocenters. The normalized spacial score (nSPS) is 15.3. The average molecular weight is 486 g/mol. The second-order valence-electron chi connectivity index (χ2n) is 9.36. The molecule has 2 amide bonds. The molecule has 36 heavy (non-hydrogen) atoms. The van der Waals surface area contributed by atoms with Gasteiger partial charge in [0.05, 0.1) is 12.2 Å². The maximum atomic E-state index is 13.0. The van der Waals surface area contributed by atoms with Gasteiger partial charge in [-0.25, -0.2) is 0 Å². The first-order valence-corrected chi connectivity index (χ1v) is 12.8. The first kappa shape index (κ1) is 25.5. The minimum atomic E-state index is -0.150. The Labute approximate surface area is 213 Å². The van der Waals surface area contributed by atoms with Gasteiger partial charge in [0, 0.05) is 56.4 Å². The summed E-state index contributed by atoms with van der Waals surface area (Å²) in [6.07, 6.45) is 11.0. The van der Waals surface area contributed by atoms with Crippen LogP contribution < -0.4 is 10.2 Å². The number of anilines is 1. The van der Waals surface area contributed by atoms with E-state index in [-0.39, 0.29) is 11.8 Å². The van der Waals surface area contributed by atoms with Gasteiger partial charge in [-0.3, -0.25) is 24.5 Å². The molecule has 0 saturated heterocycles. The predicted octanol–water partition coefficient (Wildman–Crippen LogP) is 4.73. The summed E-state index contributed by atoms with van der Waals surface area (Å²) in [5, 5.41) is 2.97. The number of fused-ring (bicyclic) bond motifs is 1. The largest absolute Gasteiger partial charge is 0.346 e. The fraction of sp³-hybridized carbons (Fsp3) is 0.379. The minimum absolute atomic E-state index is 0.0273. The zero-order chi connectivity index (χ0) is 25.2. The Morgan fingerprint density at radius 1 is 0.944 bits per heavy atom. The van der Waals surface area contributed by atoms with Crippen molar-refractivity contribution >= 4 is 17.5 Å². The molecule has 188 valence electrons. The number of hydrogen-bond donors (Lipinski definition) is 1. The number of amides is 2. The van der Waals surface area contributed by atoms with Gasteiger partial charge in [0.25, 0.3) is 5.91 Å². The van der Waals surface area contributed by atoms with Crippen LogP contribution in [0.4, 0.5) is 5.69 Å². The molecule has 0 bridgehead atoms. The lowest BCUT2D eigenvalue weighted by Gasteiger charge is -2.29. The van der Waals surface area contributed by atoms with Crippen molar-refractivity contribution in [3.8, 4) is 0 Å². The molecule has 1 aliphatic heterocycles. The van der Waals surface area contributed by atoms with Gasteiger partial charge in [-0.15, -0.1) is 0 Å². The van der Waals surface area contributed by atoms with E-state index in [1.807, 2.05) is 53.6 Å². The summed E-state index contributed by atoms with van der Waals surface area (Å²) in [6, 6.07) is 15.4. The van der Waals surface area contributed by atoms with E-state index in [4.69, 9.17) is 0 Å². The van der Waals surface area contributed by atoms with Crippen LogP contribution in [0.25, 0.3) is 0 Å². The van der Waals surface area contributed by atoms with E-state index in [9.17, 15) is 9.59 Å². The zero-order valence-corrected chi connectivity index (χ0v) is 21.0. The number of pyridine rings is 2. The van der Waals surface area contributed by atoms with Gasteiger partial charge in [-0.05, 0) is 66.9 Å². The van der Waals surface area contributed by atoms with Crippen molar-refractivity contribution in [1.29, 1.82) is 0 Å².